The van der Waals surface area contributed by atoms with Crippen LogP contribution in [0.3, 0.4) is 0 Å². The van der Waals surface area contributed by atoms with Gasteiger partial charge in [-0.3, -0.25) is 4.79 Å². The second-order valence-electron chi connectivity index (χ2n) is 7.18. The average Bonchev–Trinajstić information content (AvgIpc) is 2.79. The molecular weight excluding hydrogens is 384 g/mol. The maximum Gasteiger partial charge on any atom is 0.223 e. The highest BCUT2D eigenvalue weighted by molar-refractivity contribution is 6.31. The van der Waals surface area contributed by atoms with E-state index in [0.29, 0.717) is 11.6 Å². The summed E-state index contributed by atoms with van der Waals surface area (Å²) in [7, 11) is 0. The molecule has 2 aromatic carbocycles. The van der Waals surface area contributed by atoms with Gasteiger partial charge in [0.2, 0.25) is 5.91 Å². The maximum absolute atomic E-state index is 12.6. The Hall–Kier alpha value is -2.92. The Morgan fingerprint density at radius 1 is 1.03 bits per heavy atom. The largest absolute Gasteiger partial charge is 0.356 e. The standard InChI is InChI=1S/C23H23ClN4O/c24-20-9-5-4-8-19(20)16-26-23(29)18-11-14-28(15-12-18)21-10-13-25-22(27-21)17-6-2-1-3-7-17/h1-10,13,18H,11-12,14-16H2,(H,26,29). The number of anilines is 1. The van der Waals surface area contributed by atoms with Crippen molar-refractivity contribution >= 4 is 23.3 Å². The lowest BCUT2D eigenvalue weighted by molar-refractivity contribution is -0.125. The topological polar surface area (TPSA) is 58.1 Å². The third-order valence-corrected chi connectivity index (χ3v) is 5.64. The molecule has 1 aliphatic heterocycles. The number of carbonyl (C=O) groups is 1. The number of hydrogen-bond donors (Lipinski definition) is 1. The lowest BCUT2D eigenvalue weighted by Crippen LogP contribution is -2.40. The SMILES string of the molecule is O=C(NCc1ccccc1Cl)C1CCN(c2ccnc(-c3ccccc3)n2)CC1. The van der Waals surface area contributed by atoms with Crippen LogP contribution in [0.15, 0.2) is 66.9 Å². The van der Waals surface area contributed by atoms with Crippen molar-refractivity contribution in [2.45, 2.75) is 19.4 Å². The minimum atomic E-state index is 0.0177. The number of benzene rings is 2. The number of piperidine rings is 1. The van der Waals surface area contributed by atoms with E-state index in [1.807, 2.05) is 60.7 Å². The summed E-state index contributed by atoms with van der Waals surface area (Å²) in [6.45, 7) is 2.07. The quantitative estimate of drug-likeness (QED) is 0.685. The molecule has 1 N–H and O–H groups in total. The molecule has 29 heavy (non-hydrogen) atoms. The predicted molar refractivity (Wildman–Crippen MR) is 116 cm³/mol. The summed E-state index contributed by atoms with van der Waals surface area (Å²) < 4.78 is 0. The lowest BCUT2D eigenvalue weighted by Gasteiger charge is -2.32. The van der Waals surface area contributed by atoms with E-state index in [-0.39, 0.29) is 11.8 Å². The van der Waals surface area contributed by atoms with Gasteiger partial charge < -0.3 is 10.2 Å². The minimum Gasteiger partial charge on any atom is -0.356 e. The van der Waals surface area contributed by atoms with Gasteiger partial charge in [-0.1, -0.05) is 60.1 Å². The molecule has 5 nitrogen and oxygen atoms in total. The molecule has 4 rings (SSSR count). The van der Waals surface area contributed by atoms with Crippen molar-refractivity contribution in [1.29, 1.82) is 0 Å². The van der Waals surface area contributed by atoms with Gasteiger partial charge in [-0.05, 0) is 30.5 Å². The normalized spacial score (nSPS) is 14.6. The van der Waals surface area contributed by atoms with Gasteiger partial charge in [-0.2, -0.15) is 0 Å². The zero-order chi connectivity index (χ0) is 20.1. The van der Waals surface area contributed by atoms with Gasteiger partial charge in [0.25, 0.3) is 0 Å². The van der Waals surface area contributed by atoms with Crippen LogP contribution in [0.1, 0.15) is 18.4 Å². The molecule has 6 heteroatoms. The van der Waals surface area contributed by atoms with Crippen molar-refractivity contribution < 1.29 is 4.79 Å². The van der Waals surface area contributed by atoms with Crippen molar-refractivity contribution in [2.24, 2.45) is 5.92 Å². The minimum absolute atomic E-state index is 0.0177. The van der Waals surface area contributed by atoms with Gasteiger partial charge in [0.15, 0.2) is 5.82 Å². The summed E-state index contributed by atoms with van der Waals surface area (Å²) in [6.07, 6.45) is 3.41. The first-order chi connectivity index (χ1) is 14.2. The van der Waals surface area contributed by atoms with Crippen molar-refractivity contribution in [1.82, 2.24) is 15.3 Å². The van der Waals surface area contributed by atoms with E-state index in [1.165, 1.54) is 0 Å². The van der Waals surface area contributed by atoms with Crippen LogP contribution in [0.2, 0.25) is 5.02 Å². The smallest absolute Gasteiger partial charge is 0.223 e. The van der Waals surface area contributed by atoms with Gasteiger partial charge in [0, 0.05) is 42.3 Å². The predicted octanol–water partition coefficient (Wildman–Crippen LogP) is 4.33. The summed E-state index contributed by atoms with van der Waals surface area (Å²) in [5, 5.41) is 3.71. The molecule has 0 spiro atoms. The van der Waals surface area contributed by atoms with Crippen LogP contribution in [0.5, 0.6) is 0 Å². The van der Waals surface area contributed by atoms with Crippen LogP contribution in [0, 0.1) is 5.92 Å². The van der Waals surface area contributed by atoms with Crippen molar-refractivity contribution in [3.05, 3.63) is 77.4 Å². The fraction of sp³-hybridized carbons (Fsp3) is 0.261. The third kappa shape index (κ3) is 4.74. The molecule has 0 radical (unpaired) electrons. The molecule has 0 atom stereocenters. The van der Waals surface area contributed by atoms with E-state index in [1.54, 1.807) is 6.20 Å². The molecule has 1 fully saturated rings. The number of nitrogens with zero attached hydrogens (tertiary/aromatic N) is 3. The van der Waals surface area contributed by atoms with Crippen LogP contribution < -0.4 is 10.2 Å². The first-order valence-electron chi connectivity index (χ1n) is 9.85. The molecule has 2 heterocycles. The van der Waals surface area contributed by atoms with E-state index in [0.717, 1.165) is 48.7 Å². The Labute approximate surface area is 175 Å². The Kier molecular flexibility index (Phi) is 6.06. The first kappa shape index (κ1) is 19.4. The summed E-state index contributed by atoms with van der Waals surface area (Å²) in [6, 6.07) is 19.5. The molecule has 1 aliphatic rings. The van der Waals surface area contributed by atoms with Crippen LogP contribution in [0.4, 0.5) is 5.82 Å². The molecule has 148 valence electrons. The highest BCUT2D eigenvalue weighted by atomic mass is 35.5. The van der Waals surface area contributed by atoms with Crippen molar-refractivity contribution in [3.8, 4) is 11.4 Å². The number of halogens is 1. The molecule has 1 amide bonds. The highest BCUT2D eigenvalue weighted by Gasteiger charge is 2.25. The molecule has 1 saturated heterocycles. The number of aromatic nitrogens is 2. The van der Waals surface area contributed by atoms with Crippen molar-refractivity contribution in [2.75, 3.05) is 18.0 Å². The number of hydrogen-bond acceptors (Lipinski definition) is 4. The van der Waals surface area contributed by atoms with Crippen LogP contribution in [0.25, 0.3) is 11.4 Å². The zero-order valence-corrected chi connectivity index (χ0v) is 16.8. The van der Waals surface area contributed by atoms with Crippen molar-refractivity contribution in [3.63, 3.8) is 0 Å². The fourth-order valence-electron chi connectivity index (χ4n) is 3.59. The molecule has 0 bridgehead atoms. The van der Waals surface area contributed by atoms with Gasteiger partial charge in [0.05, 0.1) is 0 Å². The Bertz CT molecular complexity index is 971. The molecular formula is C23H23ClN4O. The monoisotopic (exact) mass is 406 g/mol. The van der Waals surface area contributed by atoms with Crippen LogP contribution >= 0.6 is 11.6 Å². The third-order valence-electron chi connectivity index (χ3n) is 5.27. The Balaban J connectivity index is 1.34. The van der Waals surface area contributed by atoms with Gasteiger partial charge in [-0.15, -0.1) is 0 Å². The van der Waals surface area contributed by atoms with Gasteiger partial charge >= 0.3 is 0 Å². The number of rotatable bonds is 5. The second kappa shape index (κ2) is 9.05. The van der Waals surface area contributed by atoms with Crippen LogP contribution in [-0.4, -0.2) is 29.0 Å². The average molecular weight is 407 g/mol. The number of amides is 1. The van der Waals surface area contributed by atoms with E-state index in [4.69, 9.17) is 16.6 Å². The summed E-state index contributed by atoms with van der Waals surface area (Å²) >= 11 is 6.17. The molecule has 3 aromatic rings. The van der Waals surface area contributed by atoms with E-state index in [2.05, 4.69) is 15.2 Å². The van der Waals surface area contributed by atoms with Gasteiger partial charge in [0.1, 0.15) is 5.82 Å². The maximum atomic E-state index is 12.6. The molecule has 0 unspecified atom stereocenters. The fourth-order valence-corrected chi connectivity index (χ4v) is 3.79. The summed E-state index contributed by atoms with van der Waals surface area (Å²) in [4.78, 5) is 23.9. The Morgan fingerprint density at radius 2 is 1.76 bits per heavy atom. The summed E-state index contributed by atoms with van der Waals surface area (Å²) in [5.41, 5.74) is 1.94. The lowest BCUT2D eigenvalue weighted by atomic mass is 9.96. The van der Waals surface area contributed by atoms with Gasteiger partial charge in [-0.25, -0.2) is 9.97 Å². The Morgan fingerprint density at radius 3 is 2.52 bits per heavy atom. The van der Waals surface area contributed by atoms with Crippen LogP contribution in [-0.2, 0) is 11.3 Å². The first-order valence-corrected chi connectivity index (χ1v) is 10.2. The zero-order valence-electron chi connectivity index (χ0n) is 16.1. The molecule has 0 saturated carbocycles. The van der Waals surface area contributed by atoms with E-state index < -0.39 is 0 Å². The number of carbonyl (C=O) groups excluding carboxylic acids is 1. The van der Waals surface area contributed by atoms with E-state index >= 15 is 0 Å². The molecule has 0 aliphatic carbocycles. The summed E-state index contributed by atoms with van der Waals surface area (Å²) in [5.74, 6) is 1.75. The number of nitrogens with one attached hydrogen (secondary N) is 1. The highest BCUT2D eigenvalue weighted by Crippen LogP contribution is 2.24. The molecule has 1 aromatic heterocycles. The van der Waals surface area contributed by atoms with E-state index in [9.17, 15) is 4.79 Å². The second-order valence-corrected chi connectivity index (χ2v) is 7.58.